The molecule has 0 aliphatic carbocycles. The summed E-state index contributed by atoms with van der Waals surface area (Å²) in [6, 6.07) is 7.62. The highest BCUT2D eigenvalue weighted by Gasteiger charge is 2.23. The molecule has 1 aromatic carbocycles. The topological polar surface area (TPSA) is 82.7 Å². The number of aliphatic carboxylic acids is 1. The first-order valence-electron chi connectivity index (χ1n) is 7.99. The Labute approximate surface area is 170 Å². The van der Waals surface area contributed by atoms with Gasteiger partial charge in [0.25, 0.3) is 0 Å². The number of fused-ring (bicyclic) bond motifs is 1. The van der Waals surface area contributed by atoms with Crippen LogP contribution in [0, 0.1) is 0 Å². The van der Waals surface area contributed by atoms with E-state index in [0.717, 1.165) is 35.4 Å². The van der Waals surface area contributed by atoms with Crippen LogP contribution in [0.4, 0.5) is 5.82 Å². The molecule has 1 aromatic heterocycles. The van der Waals surface area contributed by atoms with E-state index in [-0.39, 0.29) is 37.4 Å². The van der Waals surface area contributed by atoms with Crippen LogP contribution < -0.4 is 10.6 Å². The third-order valence-corrected chi connectivity index (χ3v) is 4.63. The predicted octanol–water partition coefficient (Wildman–Crippen LogP) is 2.96. The molecule has 2 aromatic rings. The SMILES string of the molecule is CC(N)c1cc2cccc(Cl)c2nc1N1CCN(CC(=O)O)CC1.Cl.Cl. The minimum absolute atomic E-state index is 0. The van der Waals surface area contributed by atoms with Crippen LogP contribution in [-0.2, 0) is 4.79 Å². The molecule has 9 heteroatoms. The standard InChI is InChI=1S/C17H21ClN4O2.2ClH/c1-11(19)13-9-12-3-2-4-14(18)16(12)20-17(13)22-7-5-21(6-8-22)10-15(23)24;;/h2-4,9,11H,5-8,10,19H2,1H3,(H,23,24);2*1H. The van der Waals surface area contributed by atoms with E-state index in [4.69, 9.17) is 27.4 Å². The van der Waals surface area contributed by atoms with Crippen molar-refractivity contribution in [3.63, 3.8) is 0 Å². The second-order valence-electron chi connectivity index (χ2n) is 6.16. The first-order valence-corrected chi connectivity index (χ1v) is 8.37. The number of nitrogens with two attached hydrogens (primary N) is 1. The minimum atomic E-state index is -0.796. The van der Waals surface area contributed by atoms with Crippen molar-refractivity contribution < 1.29 is 9.90 Å². The van der Waals surface area contributed by atoms with Gasteiger partial charge in [-0.2, -0.15) is 0 Å². The molecule has 0 amide bonds. The molecule has 144 valence electrons. The van der Waals surface area contributed by atoms with E-state index in [9.17, 15) is 4.79 Å². The molecule has 0 spiro atoms. The van der Waals surface area contributed by atoms with Gasteiger partial charge in [-0.15, -0.1) is 24.8 Å². The summed E-state index contributed by atoms with van der Waals surface area (Å²) in [7, 11) is 0. The monoisotopic (exact) mass is 420 g/mol. The van der Waals surface area contributed by atoms with E-state index in [1.165, 1.54) is 0 Å². The van der Waals surface area contributed by atoms with Gasteiger partial charge in [-0.3, -0.25) is 9.69 Å². The fraction of sp³-hybridized carbons (Fsp3) is 0.412. The second kappa shape index (κ2) is 9.58. The number of anilines is 1. The summed E-state index contributed by atoms with van der Waals surface area (Å²) in [5.41, 5.74) is 7.91. The molecule has 3 N–H and O–H groups in total. The van der Waals surface area contributed by atoms with Crippen molar-refractivity contribution in [1.29, 1.82) is 0 Å². The third kappa shape index (κ3) is 4.90. The Hall–Kier alpha value is -1.31. The first kappa shape index (κ1) is 22.7. The molecular weight excluding hydrogens is 399 g/mol. The quantitative estimate of drug-likeness (QED) is 0.790. The van der Waals surface area contributed by atoms with Crippen LogP contribution in [0.15, 0.2) is 24.3 Å². The van der Waals surface area contributed by atoms with Gasteiger partial charge in [0, 0.05) is 43.2 Å². The Morgan fingerprint density at radius 1 is 1.31 bits per heavy atom. The number of hydrogen-bond acceptors (Lipinski definition) is 5. The van der Waals surface area contributed by atoms with Gasteiger partial charge in [0.15, 0.2) is 0 Å². The maximum Gasteiger partial charge on any atom is 0.317 e. The average Bonchev–Trinajstić information content (AvgIpc) is 2.54. The molecule has 26 heavy (non-hydrogen) atoms. The van der Waals surface area contributed by atoms with Gasteiger partial charge in [-0.05, 0) is 19.1 Å². The van der Waals surface area contributed by atoms with Crippen molar-refractivity contribution in [2.45, 2.75) is 13.0 Å². The van der Waals surface area contributed by atoms with Crippen LogP contribution in [0.5, 0.6) is 0 Å². The Kier molecular flexibility index (Phi) is 8.37. The number of piperazine rings is 1. The van der Waals surface area contributed by atoms with Gasteiger partial charge >= 0.3 is 5.97 Å². The number of hydrogen-bond donors (Lipinski definition) is 2. The summed E-state index contributed by atoms with van der Waals surface area (Å²) in [5.74, 6) is 0.0518. The molecule has 2 heterocycles. The van der Waals surface area contributed by atoms with Gasteiger partial charge in [0.1, 0.15) is 5.82 Å². The molecule has 0 bridgehead atoms. The van der Waals surface area contributed by atoms with E-state index in [2.05, 4.69) is 11.0 Å². The predicted molar refractivity (Wildman–Crippen MR) is 110 cm³/mol. The Bertz CT molecular complexity index is 765. The first-order chi connectivity index (χ1) is 11.5. The second-order valence-corrected chi connectivity index (χ2v) is 6.57. The maximum absolute atomic E-state index is 10.8. The van der Waals surface area contributed by atoms with Crippen LogP contribution in [0.25, 0.3) is 10.9 Å². The Morgan fingerprint density at radius 3 is 2.54 bits per heavy atom. The number of pyridine rings is 1. The third-order valence-electron chi connectivity index (χ3n) is 4.33. The number of carboxylic acids is 1. The number of para-hydroxylation sites is 1. The van der Waals surface area contributed by atoms with Gasteiger partial charge in [0.2, 0.25) is 0 Å². The highest BCUT2D eigenvalue weighted by atomic mass is 35.5. The zero-order valence-corrected chi connectivity index (χ0v) is 16.8. The fourth-order valence-corrected chi connectivity index (χ4v) is 3.29. The van der Waals surface area contributed by atoms with Crippen molar-refractivity contribution in [2.24, 2.45) is 5.73 Å². The summed E-state index contributed by atoms with van der Waals surface area (Å²) in [4.78, 5) is 19.7. The minimum Gasteiger partial charge on any atom is -0.480 e. The number of halogens is 3. The average molecular weight is 422 g/mol. The van der Waals surface area contributed by atoms with Crippen LogP contribution in [0.3, 0.4) is 0 Å². The molecule has 1 aliphatic heterocycles. The van der Waals surface area contributed by atoms with E-state index in [1.807, 2.05) is 30.0 Å². The van der Waals surface area contributed by atoms with E-state index < -0.39 is 5.97 Å². The largest absolute Gasteiger partial charge is 0.480 e. The normalized spacial score (nSPS) is 15.9. The van der Waals surface area contributed by atoms with Crippen molar-refractivity contribution in [2.75, 3.05) is 37.6 Å². The smallest absolute Gasteiger partial charge is 0.317 e. The number of carbonyl (C=O) groups is 1. The van der Waals surface area contributed by atoms with E-state index >= 15 is 0 Å². The summed E-state index contributed by atoms with van der Waals surface area (Å²) >= 11 is 6.29. The zero-order valence-electron chi connectivity index (χ0n) is 14.4. The molecule has 1 unspecified atom stereocenters. The number of aromatic nitrogens is 1. The number of benzene rings is 1. The number of rotatable bonds is 4. The maximum atomic E-state index is 10.8. The van der Waals surface area contributed by atoms with Gasteiger partial charge in [0.05, 0.1) is 17.1 Å². The van der Waals surface area contributed by atoms with Gasteiger partial charge in [-0.25, -0.2) is 4.98 Å². The van der Waals surface area contributed by atoms with Gasteiger partial charge < -0.3 is 15.7 Å². The van der Waals surface area contributed by atoms with E-state index in [1.54, 1.807) is 0 Å². The van der Waals surface area contributed by atoms with Crippen molar-refractivity contribution >= 4 is 59.1 Å². The molecule has 1 atom stereocenters. The molecule has 0 radical (unpaired) electrons. The number of carboxylic acid groups (broad SMARTS) is 1. The van der Waals surface area contributed by atoms with Gasteiger partial charge in [-0.1, -0.05) is 23.7 Å². The lowest BCUT2D eigenvalue weighted by Gasteiger charge is -2.36. The lowest BCUT2D eigenvalue weighted by Crippen LogP contribution is -2.48. The van der Waals surface area contributed by atoms with Crippen molar-refractivity contribution in [3.8, 4) is 0 Å². The van der Waals surface area contributed by atoms with Crippen molar-refractivity contribution in [3.05, 3.63) is 34.9 Å². The highest BCUT2D eigenvalue weighted by molar-refractivity contribution is 6.35. The number of nitrogens with zero attached hydrogens (tertiary/aromatic N) is 3. The van der Waals surface area contributed by atoms with Crippen LogP contribution in [0.1, 0.15) is 18.5 Å². The van der Waals surface area contributed by atoms with E-state index in [0.29, 0.717) is 18.1 Å². The lowest BCUT2D eigenvalue weighted by molar-refractivity contribution is -0.138. The summed E-state index contributed by atoms with van der Waals surface area (Å²) in [5, 5.41) is 10.5. The molecule has 1 aliphatic rings. The fourth-order valence-electron chi connectivity index (χ4n) is 3.07. The highest BCUT2D eigenvalue weighted by Crippen LogP contribution is 2.31. The summed E-state index contributed by atoms with van der Waals surface area (Å²) < 4.78 is 0. The molecular formula is C17H23Cl3N4O2. The summed E-state index contributed by atoms with van der Waals surface area (Å²) in [6.07, 6.45) is 0. The van der Waals surface area contributed by atoms with Crippen molar-refractivity contribution in [1.82, 2.24) is 9.88 Å². The molecule has 6 nitrogen and oxygen atoms in total. The molecule has 1 saturated heterocycles. The zero-order chi connectivity index (χ0) is 17.3. The van der Waals surface area contributed by atoms with Crippen LogP contribution in [-0.4, -0.2) is 53.7 Å². The Morgan fingerprint density at radius 2 is 1.96 bits per heavy atom. The van der Waals surface area contributed by atoms with Crippen LogP contribution >= 0.6 is 36.4 Å². The lowest BCUT2D eigenvalue weighted by atomic mass is 10.1. The summed E-state index contributed by atoms with van der Waals surface area (Å²) in [6.45, 7) is 4.83. The molecule has 1 fully saturated rings. The van der Waals surface area contributed by atoms with Crippen LogP contribution in [0.2, 0.25) is 5.02 Å². The molecule has 3 rings (SSSR count). The molecule has 0 saturated carbocycles. The Balaban J connectivity index is 0.00000169.